The molecule has 1 unspecified atom stereocenters. The van der Waals surface area contributed by atoms with Gasteiger partial charge in [-0.2, -0.15) is 0 Å². The van der Waals surface area contributed by atoms with Gasteiger partial charge in [0.05, 0.1) is 9.50 Å². The zero-order chi connectivity index (χ0) is 13.1. The first-order valence-corrected chi connectivity index (χ1v) is 7.51. The first-order chi connectivity index (χ1) is 8.61. The molecule has 18 heavy (non-hydrogen) atoms. The maximum absolute atomic E-state index is 13.2. The van der Waals surface area contributed by atoms with Crippen LogP contribution < -0.4 is 5.32 Å². The fourth-order valence-corrected chi connectivity index (χ4v) is 3.51. The van der Waals surface area contributed by atoms with Crippen molar-refractivity contribution >= 4 is 38.9 Å². The van der Waals surface area contributed by atoms with Crippen LogP contribution in [0.2, 0.25) is 5.02 Å². The van der Waals surface area contributed by atoms with Crippen molar-refractivity contribution in [1.82, 2.24) is 5.32 Å². The maximum atomic E-state index is 13.2. The molecule has 0 bridgehead atoms. The van der Waals surface area contributed by atoms with E-state index in [1.165, 1.54) is 6.07 Å². The van der Waals surface area contributed by atoms with Gasteiger partial charge in [-0.15, -0.1) is 11.3 Å². The van der Waals surface area contributed by atoms with Crippen LogP contribution in [0.25, 0.3) is 0 Å². The highest BCUT2D eigenvalue weighted by Gasteiger charge is 2.15. The van der Waals surface area contributed by atoms with Crippen LogP contribution in [-0.2, 0) is 6.42 Å². The fraction of sp³-hybridized carbons (Fsp3) is 0.231. The van der Waals surface area contributed by atoms with Crippen molar-refractivity contribution in [3.05, 3.63) is 55.4 Å². The number of rotatable bonds is 4. The Morgan fingerprint density at radius 3 is 2.78 bits per heavy atom. The molecule has 0 aliphatic rings. The third-order valence-corrected chi connectivity index (χ3v) is 4.81. The SMILES string of the molecule is CNC(Cc1ccc(F)c(Br)c1)c1sccc1Cl. The summed E-state index contributed by atoms with van der Waals surface area (Å²) < 4.78 is 13.7. The lowest BCUT2D eigenvalue weighted by molar-refractivity contribution is 0.596. The Balaban J connectivity index is 2.20. The van der Waals surface area contributed by atoms with Crippen molar-refractivity contribution in [2.24, 2.45) is 0 Å². The summed E-state index contributed by atoms with van der Waals surface area (Å²) >= 11 is 11.0. The van der Waals surface area contributed by atoms with Gasteiger partial charge in [0.1, 0.15) is 5.82 Å². The minimum absolute atomic E-state index is 0.148. The van der Waals surface area contributed by atoms with E-state index >= 15 is 0 Å². The van der Waals surface area contributed by atoms with Crippen LogP contribution >= 0.6 is 38.9 Å². The second-order valence-electron chi connectivity index (χ2n) is 3.93. The quantitative estimate of drug-likeness (QED) is 0.836. The normalized spacial score (nSPS) is 12.7. The van der Waals surface area contributed by atoms with E-state index in [0.717, 1.165) is 21.9 Å². The van der Waals surface area contributed by atoms with Gasteiger partial charge in [0.25, 0.3) is 0 Å². The summed E-state index contributed by atoms with van der Waals surface area (Å²) in [6.45, 7) is 0. The Labute approximate surface area is 123 Å². The minimum atomic E-state index is -0.242. The van der Waals surface area contributed by atoms with E-state index in [2.05, 4.69) is 21.2 Å². The van der Waals surface area contributed by atoms with Gasteiger partial charge >= 0.3 is 0 Å². The molecule has 0 amide bonds. The van der Waals surface area contributed by atoms with Crippen LogP contribution in [0, 0.1) is 5.82 Å². The van der Waals surface area contributed by atoms with Gasteiger partial charge in [0.15, 0.2) is 0 Å². The smallest absolute Gasteiger partial charge is 0.137 e. The molecule has 1 aromatic heterocycles. The standard InChI is InChI=1S/C13H12BrClFNS/c1-17-12(13-10(15)4-5-18-13)7-8-2-3-11(16)9(14)6-8/h2-6,12,17H,7H2,1H3. The predicted octanol–water partition coefficient (Wildman–Crippen LogP) is 4.81. The molecule has 96 valence electrons. The van der Waals surface area contributed by atoms with Crippen LogP contribution in [0.3, 0.4) is 0 Å². The van der Waals surface area contributed by atoms with Crippen LogP contribution in [0.5, 0.6) is 0 Å². The van der Waals surface area contributed by atoms with Crippen LogP contribution in [-0.4, -0.2) is 7.05 Å². The van der Waals surface area contributed by atoms with E-state index < -0.39 is 0 Å². The number of hydrogen-bond donors (Lipinski definition) is 1. The van der Waals surface area contributed by atoms with Crippen molar-refractivity contribution in [3.8, 4) is 0 Å². The third-order valence-electron chi connectivity index (χ3n) is 2.73. The summed E-state index contributed by atoms with van der Waals surface area (Å²) in [5, 5.41) is 6.00. The Hall–Kier alpha value is -0.420. The number of likely N-dealkylation sites (N-methyl/N-ethyl adjacent to an activating group) is 1. The molecule has 1 N–H and O–H groups in total. The molecule has 1 heterocycles. The van der Waals surface area contributed by atoms with Crippen molar-refractivity contribution < 1.29 is 4.39 Å². The molecule has 0 spiro atoms. The van der Waals surface area contributed by atoms with E-state index in [4.69, 9.17) is 11.6 Å². The largest absolute Gasteiger partial charge is 0.312 e. The van der Waals surface area contributed by atoms with Gasteiger partial charge in [-0.1, -0.05) is 17.7 Å². The number of hydrogen-bond acceptors (Lipinski definition) is 2. The van der Waals surface area contributed by atoms with Crippen molar-refractivity contribution in [2.75, 3.05) is 7.05 Å². The van der Waals surface area contributed by atoms with Gasteiger partial charge in [-0.25, -0.2) is 4.39 Å². The molecule has 1 aromatic carbocycles. The first-order valence-electron chi connectivity index (χ1n) is 5.46. The Morgan fingerprint density at radius 2 is 2.22 bits per heavy atom. The zero-order valence-corrected chi connectivity index (χ0v) is 12.9. The molecule has 0 radical (unpaired) electrons. The summed E-state index contributed by atoms with van der Waals surface area (Å²) in [5.41, 5.74) is 1.06. The number of nitrogens with one attached hydrogen (secondary N) is 1. The van der Waals surface area contributed by atoms with Crippen molar-refractivity contribution in [2.45, 2.75) is 12.5 Å². The highest BCUT2D eigenvalue weighted by molar-refractivity contribution is 9.10. The summed E-state index contributed by atoms with van der Waals surface area (Å²) in [6, 6.07) is 7.12. The molecule has 2 rings (SSSR count). The highest BCUT2D eigenvalue weighted by Crippen LogP contribution is 2.31. The molecular formula is C13H12BrClFNS. The van der Waals surface area contributed by atoms with Crippen molar-refractivity contribution in [1.29, 1.82) is 0 Å². The average molecular weight is 349 g/mol. The lowest BCUT2D eigenvalue weighted by Gasteiger charge is -2.15. The average Bonchev–Trinajstić information content (AvgIpc) is 2.77. The van der Waals surface area contributed by atoms with E-state index in [-0.39, 0.29) is 11.9 Å². The van der Waals surface area contributed by atoms with Gasteiger partial charge < -0.3 is 5.32 Å². The molecule has 0 saturated heterocycles. The summed E-state index contributed by atoms with van der Waals surface area (Å²) in [7, 11) is 1.90. The lowest BCUT2D eigenvalue weighted by atomic mass is 10.0. The molecule has 5 heteroatoms. The Morgan fingerprint density at radius 1 is 1.44 bits per heavy atom. The molecule has 0 fully saturated rings. The third kappa shape index (κ3) is 3.12. The van der Waals surface area contributed by atoms with E-state index in [0.29, 0.717) is 4.47 Å². The zero-order valence-electron chi connectivity index (χ0n) is 9.71. The second kappa shape index (κ2) is 6.15. The minimum Gasteiger partial charge on any atom is -0.312 e. The summed E-state index contributed by atoms with van der Waals surface area (Å²) in [6.07, 6.45) is 0.773. The first kappa shape index (κ1) is 14.0. The predicted molar refractivity (Wildman–Crippen MR) is 78.9 cm³/mol. The van der Waals surface area contributed by atoms with Gasteiger partial charge in [-0.05, 0) is 58.5 Å². The Kier molecular flexibility index (Phi) is 4.78. The summed E-state index contributed by atoms with van der Waals surface area (Å²) in [5.74, 6) is -0.242. The molecule has 2 aromatic rings. The Bertz CT molecular complexity index is 544. The second-order valence-corrected chi connectivity index (χ2v) is 6.14. The molecule has 0 saturated carbocycles. The topological polar surface area (TPSA) is 12.0 Å². The molecule has 1 nitrogen and oxygen atoms in total. The maximum Gasteiger partial charge on any atom is 0.137 e. The lowest BCUT2D eigenvalue weighted by Crippen LogP contribution is -2.18. The molecule has 0 aliphatic carbocycles. The van der Waals surface area contributed by atoms with Gasteiger partial charge in [0, 0.05) is 10.9 Å². The van der Waals surface area contributed by atoms with Crippen LogP contribution in [0.4, 0.5) is 4.39 Å². The molecule has 0 aliphatic heterocycles. The van der Waals surface area contributed by atoms with E-state index in [9.17, 15) is 4.39 Å². The van der Waals surface area contributed by atoms with Crippen molar-refractivity contribution in [3.63, 3.8) is 0 Å². The number of halogens is 3. The molecule has 1 atom stereocenters. The molecular weight excluding hydrogens is 337 g/mol. The monoisotopic (exact) mass is 347 g/mol. The van der Waals surface area contributed by atoms with E-state index in [1.54, 1.807) is 23.5 Å². The van der Waals surface area contributed by atoms with Crippen LogP contribution in [0.15, 0.2) is 34.1 Å². The summed E-state index contributed by atoms with van der Waals surface area (Å²) in [4.78, 5) is 1.11. The fourth-order valence-electron chi connectivity index (χ4n) is 1.78. The number of benzene rings is 1. The highest BCUT2D eigenvalue weighted by atomic mass is 79.9. The van der Waals surface area contributed by atoms with E-state index in [1.807, 2.05) is 18.5 Å². The van der Waals surface area contributed by atoms with Crippen LogP contribution in [0.1, 0.15) is 16.5 Å². The van der Waals surface area contributed by atoms with Gasteiger partial charge in [0.2, 0.25) is 0 Å². The van der Waals surface area contributed by atoms with Gasteiger partial charge in [-0.3, -0.25) is 0 Å². The number of thiophene rings is 1.